The lowest BCUT2D eigenvalue weighted by molar-refractivity contribution is 0.628. The first-order valence-corrected chi connectivity index (χ1v) is 10.7. The van der Waals surface area contributed by atoms with Crippen LogP contribution in [0.4, 0.5) is 0 Å². The molecule has 0 saturated carbocycles. The molecule has 26 heavy (non-hydrogen) atoms. The quantitative estimate of drug-likeness (QED) is 0.450. The van der Waals surface area contributed by atoms with Crippen LogP contribution in [0.3, 0.4) is 0 Å². The highest BCUT2D eigenvalue weighted by Crippen LogP contribution is 2.31. The van der Waals surface area contributed by atoms with Crippen LogP contribution in [0.2, 0.25) is 0 Å². The molecule has 1 unspecified atom stereocenters. The van der Waals surface area contributed by atoms with Gasteiger partial charge in [-0.3, -0.25) is 0 Å². The molecule has 0 fully saturated rings. The third-order valence-electron chi connectivity index (χ3n) is 4.69. The lowest BCUT2D eigenvalue weighted by Gasteiger charge is -2.01. The Balaban J connectivity index is 0.000000201. The number of hydrogen-bond acceptors (Lipinski definition) is 0. The van der Waals surface area contributed by atoms with Gasteiger partial charge >= 0.3 is 0 Å². The molecule has 2 aromatic rings. The predicted octanol–water partition coefficient (Wildman–Crippen LogP) is 7.99. The summed E-state index contributed by atoms with van der Waals surface area (Å²) >= 11 is 0. The minimum atomic E-state index is 0.802. The van der Waals surface area contributed by atoms with Crippen molar-refractivity contribution in [1.82, 2.24) is 0 Å². The van der Waals surface area contributed by atoms with E-state index in [2.05, 4.69) is 90.1 Å². The van der Waals surface area contributed by atoms with Crippen molar-refractivity contribution in [2.24, 2.45) is 5.92 Å². The lowest BCUT2D eigenvalue weighted by atomic mass is 10.0. The van der Waals surface area contributed by atoms with E-state index in [1.165, 1.54) is 38.5 Å². The second-order valence-electron chi connectivity index (χ2n) is 7.83. The summed E-state index contributed by atoms with van der Waals surface area (Å²) in [5.41, 5.74) is 6.27. The molecule has 1 atom stereocenters. The van der Waals surface area contributed by atoms with E-state index >= 15 is 0 Å². The third kappa shape index (κ3) is 7.36. The maximum absolute atomic E-state index is 2.32. The van der Waals surface area contributed by atoms with E-state index in [-0.39, 0.29) is 0 Å². The standard InChI is InChI=1S/2C10H12.2C3H8/c1-8-6-9-4-2-3-5-10(9)7-8;1-8-6-7-9-4-2-3-5-10(8)9;2*1-3-2/h2*2-5,8H,6-7H2,1H3;2*3H2,1-2H3. The zero-order valence-corrected chi connectivity index (χ0v) is 18.0. The van der Waals surface area contributed by atoms with Gasteiger partial charge in [-0.1, -0.05) is 103 Å². The smallest absolute Gasteiger partial charge is 0.0184 e. The summed E-state index contributed by atoms with van der Waals surface area (Å²) in [7, 11) is 0. The van der Waals surface area contributed by atoms with Crippen LogP contribution in [0.5, 0.6) is 0 Å². The third-order valence-corrected chi connectivity index (χ3v) is 4.69. The Morgan fingerprint density at radius 1 is 0.692 bits per heavy atom. The molecule has 0 saturated heterocycles. The first-order valence-electron chi connectivity index (χ1n) is 10.7. The molecule has 0 amide bonds. The van der Waals surface area contributed by atoms with Gasteiger partial charge < -0.3 is 0 Å². The summed E-state index contributed by atoms with van der Waals surface area (Å²) < 4.78 is 0. The molecule has 144 valence electrons. The minimum Gasteiger partial charge on any atom is -0.0656 e. The number of benzene rings is 2. The molecule has 2 aromatic carbocycles. The second-order valence-corrected chi connectivity index (χ2v) is 7.83. The highest BCUT2D eigenvalue weighted by atomic mass is 14.2. The van der Waals surface area contributed by atoms with Crippen molar-refractivity contribution in [3.8, 4) is 0 Å². The normalized spacial score (nSPS) is 16.8. The molecule has 0 aromatic heterocycles. The molecule has 0 bridgehead atoms. The molecule has 2 aliphatic carbocycles. The van der Waals surface area contributed by atoms with Crippen LogP contribution in [0.15, 0.2) is 48.5 Å². The predicted molar refractivity (Wildman–Crippen MR) is 118 cm³/mol. The second kappa shape index (κ2) is 12.7. The Bertz CT molecular complexity index is 584. The van der Waals surface area contributed by atoms with Crippen molar-refractivity contribution in [2.45, 2.75) is 86.0 Å². The van der Waals surface area contributed by atoms with Gasteiger partial charge in [0.15, 0.2) is 0 Å². The van der Waals surface area contributed by atoms with Crippen molar-refractivity contribution in [2.75, 3.05) is 0 Å². The fourth-order valence-corrected chi connectivity index (χ4v) is 3.55. The molecule has 0 aliphatic heterocycles. The zero-order chi connectivity index (χ0) is 19.4. The van der Waals surface area contributed by atoms with Gasteiger partial charge in [-0.15, -0.1) is 0 Å². The topological polar surface area (TPSA) is 0 Å². The van der Waals surface area contributed by atoms with Crippen molar-refractivity contribution < 1.29 is 0 Å². The molecule has 0 N–H and O–H groups in total. The van der Waals surface area contributed by atoms with Crippen molar-refractivity contribution in [3.63, 3.8) is 0 Å². The van der Waals surface area contributed by atoms with Crippen LogP contribution < -0.4 is 0 Å². The van der Waals surface area contributed by atoms with E-state index in [0.29, 0.717) is 0 Å². The number of aryl methyl sites for hydroxylation is 1. The Hall–Kier alpha value is -1.56. The van der Waals surface area contributed by atoms with Crippen molar-refractivity contribution in [3.05, 3.63) is 70.8 Å². The highest BCUT2D eigenvalue weighted by molar-refractivity contribution is 5.34. The van der Waals surface area contributed by atoms with Crippen LogP contribution in [0.1, 0.15) is 89.0 Å². The highest BCUT2D eigenvalue weighted by Gasteiger charge is 2.16. The van der Waals surface area contributed by atoms with E-state index in [9.17, 15) is 0 Å². The van der Waals surface area contributed by atoms with Gasteiger partial charge in [-0.2, -0.15) is 0 Å². The van der Waals surface area contributed by atoms with Crippen LogP contribution in [0.25, 0.3) is 0 Å². The van der Waals surface area contributed by atoms with Gasteiger partial charge in [0.25, 0.3) is 0 Å². The fourth-order valence-electron chi connectivity index (χ4n) is 3.55. The van der Waals surface area contributed by atoms with Crippen molar-refractivity contribution in [1.29, 1.82) is 0 Å². The van der Waals surface area contributed by atoms with E-state index in [1.54, 1.807) is 22.3 Å². The Labute approximate surface area is 163 Å². The minimum absolute atomic E-state index is 0.802. The van der Waals surface area contributed by atoms with Gasteiger partial charge in [-0.25, -0.2) is 0 Å². The molecular formula is C26H40. The Morgan fingerprint density at radius 3 is 1.58 bits per heavy atom. The number of hydrogen-bond donors (Lipinski definition) is 0. The number of rotatable bonds is 0. The first kappa shape index (κ1) is 22.5. The summed E-state index contributed by atoms with van der Waals surface area (Å²) in [5.74, 6) is 1.67. The Kier molecular flexibility index (Phi) is 11.0. The SMILES string of the molecule is CC1CCc2ccccc21.CC1Cc2ccccc2C1.CCC.CCC. The summed E-state index contributed by atoms with van der Waals surface area (Å²) in [6.45, 7) is 13.1. The molecule has 0 heteroatoms. The summed E-state index contributed by atoms with van der Waals surface area (Å²) in [5, 5.41) is 0. The van der Waals surface area contributed by atoms with Gasteiger partial charge in [0.1, 0.15) is 0 Å². The van der Waals surface area contributed by atoms with Gasteiger partial charge in [0.05, 0.1) is 0 Å². The molecule has 0 radical (unpaired) electrons. The largest absolute Gasteiger partial charge is 0.0656 e. The molecule has 0 nitrogen and oxygen atoms in total. The lowest BCUT2D eigenvalue weighted by Crippen LogP contribution is -1.89. The van der Waals surface area contributed by atoms with Crippen LogP contribution in [-0.2, 0) is 19.3 Å². The number of fused-ring (bicyclic) bond motifs is 2. The average Bonchev–Trinajstić information content (AvgIpc) is 3.19. The maximum atomic E-state index is 2.32. The monoisotopic (exact) mass is 352 g/mol. The molecular weight excluding hydrogens is 312 g/mol. The summed E-state index contributed by atoms with van der Waals surface area (Å²) in [4.78, 5) is 0. The average molecular weight is 353 g/mol. The maximum Gasteiger partial charge on any atom is -0.0184 e. The van der Waals surface area contributed by atoms with Gasteiger partial charge in [0, 0.05) is 0 Å². The van der Waals surface area contributed by atoms with Gasteiger partial charge in [-0.05, 0) is 59.8 Å². The van der Waals surface area contributed by atoms with Crippen LogP contribution in [-0.4, -0.2) is 0 Å². The van der Waals surface area contributed by atoms with E-state index in [0.717, 1.165) is 11.8 Å². The molecule has 0 heterocycles. The summed E-state index contributed by atoms with van der Waals surface area (Å²) in [6, 6.07) is 17.6. The fraction of sp³-hybridized carbons (Fsp3) is 0.538. The Morgan fingerprint density at radius 2 is 1.12 bits per heavy atom. The molecule has 2 aliphatic rings. The molecule has 0 spiro atoms. The van der Waals surface area contributed by atoms with Crippen LogP contribution >= 0.6 is 0 Å². The van der Waals surface area contributed by atoms with Gasteiger partial charge in [0.2, 0.25) is 0 Å². The van der Waals surface area contributed by atoms with Crippen LogP contribution in [0, 0.1) is 5.92 Å². The van der Waals surface area contributed by atoms with Crippen molar-refractivity contribution >= 4 is 0 Å². The zero-order valence-electron chi connectivity index (χ0n) is 18.0. The first-order chi connectivity index (χ1) is 12.6. The van der Waals surface area contributed by atoms with E-state index in [1.807, 2.05) is 0 Å². The molecule has 4 rings (SSSR count). The summed E-state index contributed by atoms with van der Waals surface area (Å²) in [6.07, 6.45) is 7.71. The van der Waals surface area contributed by atoms with E-state index in [4.69, 9.17) is 0 Å². The van der Waals surface area contributed by atoms with E-state index < -0.39 is 0 Å².